The van der Waals surface area contributed by atoms with Crippen LogP contribution in [0.25, 0.3) is 0 Å². The van der Waals surface area contributed by atoms with Crippen LogP contribution in [0.5, 0.6) is 0 Å². The number of nitro groups is 1. The normalized spacial score (nSPS) is 16.6. The largest absolute Gasteiger partial charge is 0.465 e. The van der Waals surface area contributed by atoms with Gasteiger partial charge >= 0.3 is 5.97 Å². The van der Waals surface area contributed by atoms with Crippen molar-refractivity contribution in [2.45, 2.75) is 13.0 Å². The third kappa shape index (κ3) is 5.50. The molecular formula is C21H23ClN4O5. The lowest BCUT2D eigenvalue weighted by Gasteiger charge is -2.40. The van der Waals surface area contributed by atoms with Crippen LogP contribution in [-0.4, -0.2) is 61.0 Å². The Balaban J connectivity index is 1.56. The molecule has 1 fully saturated rings. The minimum Gasteiger partial charge on any atom is -0.465 e. The highest BCUT2D eigenvalue weighted by Crippen LogP contribution is 2.27. The second kappa shape index (κ2) is 9.76. The van der Waals surface area contributed by atoms with Crippen molar-refractivity contribution in [2.24, 2.45) is 0 Å². The summed E-state index contributed by atoms with van der Waals surface area (Å²) in [6, 6.07) is 11.5. The van der Waals surface area contributed by atoms with E-state index in [1.54, 1.807) is 12.1 Å². The van der Waals surface area contributed by atoms with E-state index in [2.05, 4.69) is 15.1 Å². The second-order valence-electron chi connectivity index (χ2n) is 7.28. The van der Waals surface area contributed by atoms with Gasteiger partial charge in [-0.3, -0.25) is 19.8 Å². The third-order valence-electron chi connectivity index (χ3n) is 5.19. The van der Waals surface area contributed by atoms with Crippen molar-refractivity contribution in [2.75, 3.05) is 43.5 Å². The first kappa shape index (κ1) is 22.5. The van der Waals surface area contributed by atoms with E-state index in [9.17, 15) is 19.7 Å². The second-order valence-corrected chi connectivity index (χ2v) is 7.68. The highest BCUT2D eigenvalue weighted by Gasteiger charge is 2.26. The van der Waals surface area contributed by atoms with Crippen LogP contribution in [0.3, 0.4) is 0 Å². The highest BCUT2D eigenvalue weighted by molar-refractivity contribution is 6.32. The standard InChI is InChI=1S/C21H23ClN4O5/c1-14-12-25(17-6-3-15(4-7-17)21(28)31-2)10-9-24(14)13-20(27)23-16-5-8-18(22)19(11-16)26(29)30/h3-8,11,14H,9-10,12-13H2,1-2H3,(H,23,27). The van der Waals surface area contributed by atoms with E-state index in [1.165, 1.54) is 25.3 Å². The fraction of sp³-hybridized carbons (Fsp3) is 0.333. The van der Waals surface area contributed by atoms with Gasteiger partial charge in [0.1, 0.15) is 5.02 Å². The van der Waals surface area contributed by atoms with Gasteiger partial charge < -0.3 is 15.0 Å². The van der Waals surface area contributed by atoms with Gasteiger partial charge in [-0.2, -0.15) is 0 Å². The molecule has 1 heterocycles. The molecular weight excluding hydrogens is 424 g/mol. The minimum atomic E-state index is -0.586. The average molecular weight is 447 g/mol. The predicted molar refractivity (Wildman–Crippen MR) is 118 cm³/mol. The number of rotatable bonds is 6. The van der Waals surface area contributed by atoms with Gasteiger partial charge in [0.2, 0.25) is 5.91 Å². The van der Waals surface area contributed by atoms with Crippen LogP contribution in [0.4, 0.5) is 17.1 Å². The van der Waals surface area contributed by atoms with Gasteiger partial charge in [-0.05, 0) is 43.3 Å². The Bertz CT molecular complexity index is 982. The molecule has 0 spiro atoms. The molecule has 3 rings (SSSR count). The van der Waals surface area contributed by atoms with Crippen LogP contribution < -0.4 is 10.2 Å². The van der Waals surface area contributed by atoms with Crippen LogP contribution >= 0.6 is 11.6 Å². The van der Waals surface area contributed by atoms with E-state index in [0.29, 0.717) is 17.8 Å². The summed E-state index contributed by atoms with van der Waals surface area (Å²) < 4.78 is 4.72. The lowest BCUT2D eigenvalue weighted by molar-refractivity contribution is -0.384. The lowest BCUT2D eigenvalue weighted by Crippen LogP contribution is -2.53. The van der Waals surface area contributed by atoms with Crippen molar-refractivity contribution in [3.63, 3.8) is 0 Å². The van der Waals surface area contributed by atoms with Gasteiger partial charge in [0.15, 0.2) is 0 Å². The zero-order chi connectivity index (χ0) is 22.5. The van der Waals surface area contributed by atoms with Crippen LogP contribution in [0.2, 0.25) is 5.02 Å². The molecule has 1 saturated heterocycles. The van der Waals surface area contributed by atoms with E-state index in [-0.39, 0.29) is 35.2 Å². The molecule has 10 heteroatoms. The summed E-state index contributed by atoms with van der Waals surface area (Å²) in [4.78, 5) is 38.7. The number of benzene rings is 2. The van der Waals surface area contributed by atoms with E-state index < -0.39 is 4.92 Å². The Morgan fingerprint density at radius 1 is 1.23 bits per heavy atom. The summed E-state index contributed by atoms with van der Waals surface area (Å²) in [5.74, 6) is -0.624. The number of methoxy groups -OCH3 is 1. The van der Waals surface area contributed by atoms with Crippen molar-refractivity contribution in [3.05, 3.63) is 63.2 Å². The number of hydrogen-bond donors (Lipinski definition) is 1. The maximum Gasteiger partial charge on any atom is 0.337 e. The molecule has 9 nitrogen and oxygen atoms in total. The number of halogens is 1. The summed E-state index contributed by atoms with van der Waals surface area (Å²) in [6.07, 6.45) is 0. The first-order chi connectivity index (χ1) is 14.8. The van der Waals surface area contributed by atoms with Crippen LogP contribution in [0.15, 0.2) is 42.5 Å². The maximum absolute atomic E-state index is 12.5. The smallest absolute Gasteiger partial charge is 0.337 e. The van der Waals surface area contributed by atoms with Crippen molar-refractivity contribution in [1.82, 2.24) is 4.90 Å². The number of ether oxygens (including phenoxy) is 1. The average Bonchev–Trinajstić information content (AvgIpc) is 2.76. The van der Waals surface area contributed by atoms with Crippen molar-refractivity contribution >= 4 is 40.5 Å². The van der Waals surface area contributed by atoms with Crippen LogP contribution in [0.1, 0.15) is 17.3 Å². The number of nitrogens with zero attached hydrogens (tertiary/aromatic N) is 3. The SMILES string of the molecule is COC(=O)c1ccc(N2CCN(CC(=O)Nc3ccc(Cl)c([N+](=O)[O-])c3)C(C)C2)cc1. The van der Waals surface area contributed by atoms with Gasteiger partial charge in [-0.25, -0.2) is 4.79 Å². The molecule has 1 atom stereocenters. The molecule has 2 aromatic carbocycles. The quantitative estimate of drug-likeness (QED) is 0.412. The number of amides is 1. The predicted octanol–water partition coefficient (Wildman–Crippen LogP) is 3.18. The van der Waals surface area contributed by atoms with Gasteiger partial charge in [-0.15, -0.1) is 0 Å². The summed E-state index contributed by atoms with van der Waals surface area (Å²) in [5.41, 5.74) is 1.58. The number of carbonyl (C=O) groups excluding carboxylic acids is 2. The molecule has 1 aliphatic rings. The Hall–Kier alpha value is -3.17. The number of esters is 1. The summed E-state index contributed by atoms with van der Waals surface area (Å²) in [7, 11) is 1.35. The Labute approximate surface area is 184 Å². The Kier molecular flexibility index (Phi) is 7.09. The number of nitro benzene ring substituents is 1. The fourth-order valence-corrected chi connectivity index (χ4v) is 3.69. The van der Waals surface area contributed by atoms with Crippen LogP contribution in [-0.2, 0) is 9.53 Å². The molecule has 31 heavy (non-hydrogen) atoms. The van der Waals surface area contributed by atoms with E-state index in [1.807, 2.05) is 19.1 Å². The molecule has 0 saturated carbocycles. The molecule has 164 valence electrons. The zero-order valence-electron chi connectivity index (χ0n) is 17.2. The monoisotopic (exact) mass is 446 g/mol. The van der Waals surface area contributed by atoms with Crippen molar-refractivity contribution < 1.29 is 19.2 Å². The Morgan fingerprint density at radius 2 is 1.94 bits per heavy atom. The van der Waals surface area contributed by atoms with Gasteiger partial charge in [-0.1, -0.05) is 11.6 Å². The molecule has 2 aromatic rings. The lowest BCUT2D eigenvalue weighted by atomic mass is 10.1. The number of piperazine rings is 1. The Morgan fingerprint density at radius 3 is 2.55 bits per heavy atom. The summed E-state index contributed by atoms with van der Waals surface area (Å²) in [5, 5.41) is 13.7. The number of hydrogen-bond acceptors (Lipinski definition) is 7. The third-order valence-corrected chi connectivity index (χ3v) is 5.51. The van der Waals surface area contributed by atoms with E-state index in [0.717, 1.165) is 18.8 Å². The fourth-order valence-electron chi connectivity index (χ4n) is 3.51. The molecule has 1 aliphatic heterocycles. The van der Waals surface area contributed by atoms with Crippen LogP contribution in [0, 0.1) is 10.1 Å². The number of carbonyl (C=O) groups is 2. The molecule has 0 aliphatic carbocycles. The van der Waals surface area contributed by atoms with E-state index >= 15 is 0 Å². The molecule has 0 aromatic heterocycles. The highest BCUT2D eigenvalue weighted by atomic mass is 35.5. The molecule has 0 bridgehead atoms. The minimum absolute atomic E-state index is 0.0207. The number of anilines is 2. The molecule has 0 radical (unpaired) electrons. The molecule has 1 N–H and O–H groups in total. The number of nitrogens with one attached hydrogen (secondary N) is 1. The topological polar surface area (TPSA) is 105 Å². The zero-order valence-corrected chi connectivity index (χ0v) is 18.0. The van der Waals surface area contributed by atoms with Gasteiger partial charge in [0.05, 0.1) is 24.1 Å². The van der Waals surface area contributed by atoms with Gasteiger partial charge in [0.25, 0.3) is 5.69 Å². The molecule has 1 unspecified atom stereocenters. The molecule has 1 amide bonds. The van der Waals surface area contributed by atoms with Gasteiger partial charge in [0, 0.05) is 43.1 Å². The summed E-state index contributed by atoms with van der Waals surface area (Å²) >= 11 is 5.81. The van der Waals surface area contributed by atoms with Crippen molar-refractivity contribution in [1.29, 1.82) is 0 Å². The first-order valence-electron chi connectivity index (χ1n) is 9.69. The first-order valence-corrected chi connectivity index (χ1v) is 10.1. The maximum atomic E-state index is 12.5. The summed E-state index contributed by atoms with van der Waals surface area (Å²) in [6.45, 7) is 4.33. The van der Waals surface area contributed by atoms with Crippen molar-refractivity contribution in [3.8, 4) is 0 Å². The van der Waals surface area contributed by atoms with E-state index in [4.69, 9.17) is 16.3 Å².